The number of benzene rings is 1. The normalized spacial score (nSPS) is 19.4. The number of ether oxygens (including phenoxy) is 1. The van der Waals surface area contributed by atoms with Gasteiger partial charge in [-0.1, -0.05) is 25.5 Å². The molecule has 6 nitrogen and oxygen atoms in total. The van der Waals surface area contributed by atoms with E-state index in [1.807, 2.05) is 36.1 Å². The lowest BCUT2D eigenvalue weighted by Gasteiger charge is -2.36. The lowest BCUT2D eigenvalue weighted by molar-refractivity contribution is -0.140. The lowest BCUT2D eigenvalue weighted by atomic mass is 9.95. The molecule has 0 aromatic heterocycles. The second-order valence-corrected chi connectivity index (χ2v) is 10.8. The molecule has 2 fully saturated rings. The quantitative estimate of drug-likeness (QED) is 0.561. The number of hydrogen-bond donors (Lipinski definition) is 0. The van der Waals surface area contributed by atoms with Crippen LogP contribution in [0, 0.1) is 11.8 Å². The van der Waals surface area contributed by atoms with Gasteiger partial charge in [-0.3, -0.25) is 4.79 Å². The van der Waals surface area contributed by atoms with Crippen LogP contribution in [0.2, 0.25) is 0 Å². The first-order valence-corrected chi connectivity index (χ1v) is 12.9. The molecule has 1 aromatic rings. The number of nitrogens with zero attached hydrogens (tertiary/aromatic N) is 2. The van der Waals surface area contributed by atoms with Crippen molar-refractivity contribution in [1.82, 2.24) is 9.21 Å². The molecule has 3 rings (SSSR count). The van der Waals surface area contributed by atoms with Crippen LogP contribution >= 0.6 is 0 Å². The first-order valence-electron chi connectivity index (χ1n) is 11.3. The van der Waals surface area contributed by atoms with Crippen molar-refractivity contribution in [3.05, 3.63) is 29.8 Å². The Labute approximate surface area is 181 Å². The Balaban J connectivity index is 1.65. The summed E-state index contributed by atoms with van der Waals surface area (Å²) in [5, 5.41) is 0. The standard InChI is InChI=1S/C23H36N2O4S/c1-4-5-16-30(27,28)24-14-12-21(13-15-24)23(26)25(18(2)20-8-9-20)17-19-6-10-22(29-3)11-7-19/h6-7,10-11,18,20-21H,4-5,8-9,12-17H2,1-3H3. The zero-order chi connectivity index (χ0) is 21.7. The third kappa shape index (κ3) is 5.76. The second-order valence-electron chi connectivity index (χ2n) is 8.74. The first-order chi connectivity index (χ1) is 14.4. The van der Waals surface area contributed by atoms with Gasteiger partial charge in [-0.15, -0.1) is 0 Å². The van der Waals surface area contributed by atoms with Gasteiger partial charge in [0.25, 0.3) is 0 Å². The van der Waals surface area contributed by atoms with Crippen LogP contribution in [0.15, 0.2) is 24.3 Å². The van der Waals surface area contributed by atoms with Gasteiger partial charge in [0.1, 0.15) is 5.75 Å². The van der Waals surface area contributed by atoms with Crippen LogP contribution < -0.4 is 4.74 Å². The van der Waals surface area contributed by atoms with Crippen LogP contribution in [0.1, 0.15) is 57.9 Å². The Morgan fingerprint density at radius 2 is 1.80 bits per heavy atom. The molecule has 1 unspecified atom stereocenters. The average molecular weight is 437 g/mol. The molecule has 1 aliphatic carbocycles. The summed E-state index contributed by atoms with van der Waals surface area (Å²) in [7, 11) is -1.55. The summed E-state index contributed by atoms with van der Waals surface area (Å²) in [5.74, 6) is 1.69. The highest BCUT2D eigenvalue weighted by atomic mass is 32.2. The molecule has 7 heteroatoms. The smallest absolute Gasteiger partial charge is 0.226 e. The van der Waals surface area contributed by atoms with E-state index in [0.717, 1.165) is 17.7 Å². The minimum absolute atomic E-state index is 0.0953. The monoisotopic (exact) mass is 436 g/mol. The molecule has 0 spiro atoms. The van der Waals surface area contributed by atoms with Crippen molar-refractivity contribution in [1.29, 1.82) is 0 Å². The van der Waals surface area contributed by atoms with Crippen LogP contribution in [0.5, 0.6) is 5.75 Å². The molecule has 1 atom stereocenters. The van der Waals surface area contributed by atoms with E-state index in [2.05, 4.69) is 6.92 Å². The largest absolute Gasteiger partial charge is 0.497 e. The molecule has 1 saturated carbocycles. The Hall–Kier alpha value is -1.60. The number of unbranched alkanes of at least 4 members (excludes halogenated alkanes) is 1. The van der Waals surface area contributed by atoms with Crippen LogP contribution in [0.3, 0.4) is 0 Å². The Bertz CT molecular complexity index is 797. The number of carbonyl (C=O) groups excluding carboxylic acids is 1. The molecule has 30 heavy (non-hydrogen) atoms. The van der Waals surface area contributed by atoms with Crippen molar-refractivity contribution in [2.75, 3.05) is 26.0 Å². The highest BCUT2D eigenvalue weighted by Gasteiger charge is 2.38. The van der Waals surface area contributed by atoms with Gasteiger partial charge in [-0.05, 0) is 62.6 Å². The maximum absolute atomic E-state index is 13.5. The van der Waals surface area contributed by atoms with E-state index in [-0.39, 0.29) is 23.6 Å². The van der Waals surface area contributed by atoms with E-state index in [1.165, 1.54) is 12.8 Å². The molecule has 0 radical (unpaired) electrons. The third-order valence-corrected chi connectivity index (χ3v) is 8.50. The van der Waals surface area contributed by atoms with Gasteiger partial charge in [0.15, 0.2) is 0 Å². The predicted octanol–water partition coefficient (Wildman–Crippen LogP) is 3.66. The summed E-state index contributed by atoms with van der Waals surface area (Å²) in [6.07, 6.45) is 5.15. The fourth-order valence-corrected chi connectivity index (χ4v) is 5.93. The number of amides is 1. The fraction of sp³-hybridized carbons (Fsp3) is 0.696. The van der Waals surface area contributed by atoms with Crippen LogP contribution in [0.25, 0.3) is 0 Å². The van der Waals surface area contributed by atoms with Gasteiger partial charge in [-0.25, -0.2) is 12.7 Å². The number of carbonyl (C=O) groups is 1. The Morgan fingerprint density at radius 3 is 2.33 bits per heavy atom. The minimum Gasteiger partial charge on any atom is -0.497 e. The van der Waals surface area contributed by atoms with Crippen molar-refractivity contribution in [3.63, 3.8) is 0 Å². The molecule has 1 saturated heterocycles. The average Bonchev–Trinajstić information content (AvgIpc) is 3.61. The van der Waals surface area contributed by atoms with Crippen molar-refractivity contribution in [3.8, 4) is 5.75 Å². The van der Waals surface area contributed by atoms with E-state index in [4.69, 9.17) is 4.74 Å². The summed E-state index contributed by atoms with van der Waals surface area (Å²) in [6.45, 7) is 5.66. The number of sulfonamides is 1. The van der Waals surface area contributed by atoms with E-state index in [1.54, 1.807) is 11.4 Å². The summed E-state index contributed by atoms with van der Waals surface area (Å²) >= 11 is 0. The molecule has 168 valence electrons. The Kier molecular flexibility index (Phi) is 7.80. The summed E-state index contributed by atoms with van der Waals surface area (Å²) < 4.78 is 31.8. The maximum atomic E-state index is 13.5. The zero-order valence-electron chi connectivity index (χ0n) is 18.5. The predicted molar refractivity (Wildman–Crippen MR) is 119 cm³/mol. The van der Waals surface area contributed by atoms with Gasteiger partial charge in [0.05, 0.1) is 12.9 Å². The van der Waals surface area contributed by atoms with E-state index in [0.29, 0.717) is 44.8 Å². The molecule has 0 N–H and O–H groups in total. The maximum Gasteiger partial charge on any atom is 0.226 e. The first kappa shape index (κ1) is 23.1. The second kappa shape index (κ2) is 10.1. The molecule has 1 aromatic carbocycles. The summed E-state index contributed by atoms with van der Waals surface area (Å²) in [6, 6.07) is 8.10. The summed E-state index contributed by atoms with van der Waals surface area (Å²) in [4.78, 5) is 15.5. The van der Waals surface area contributed by atoms with Crippen molar-refractivity contribution in [2.45, 2.75) is 65.0 Å². The number of hydrogen-bond acceptors (Lipinski definition) is 4. The highest BCUT2D eigenvalue weighted by Crippen LogP contribution is 2.37. The van der Waals surface area contributed by atoms with Crippen molar-refractivity contribution < 1.29 is 17.9 Å². The Morgan fingerprint density at radius 1 is 1.17 bits per heavy atom. The lowest BCUT2D eigenvalue weighted by Crippen LogP contribution is -2.47. The van der Waals surface area contributed by atoms with Gasteiger partial charge in [0, 0.05) is 31.6 Å². The van der Waals surface area contributed by atoms with Crippen molar-refractivity contribution in [2.24, 2.45) is 11.8 Å². The molecular weight excluding hydrogens is 400 g/mol. The van der Waals surface area contributed by atoms with Crippen molar-refractivity contribution >= 4 is 15.9 Å². The van der Waals surface area contributed by atoms with E-state index in [9.17, 15) is 13.2 Å². The zero-order valence-corrected chi connectivity index (χ0v) is 19.4. The van der Waals surface area contributed by atoms with Gasteiger partial charge in [-0.2, -0.15) is 0 Å². The molecular formula is C23H36N2O4S. The SMILES string of the molecule is CCCCS(=O)(=O)N1CCC(C(=O)N(Cc2ccc(OC)cc2)C(C)C2CC2)CC1. The van der Waals surface area contributed by atoms with E-state index < -0.39 is 10.0 Å². The number of rotatable bonds is 10. The van der Waals surface area contributed by atoms with Crippen LogP contribution in [0.4, 0.5) is 0 Å². The summed E-state index contributed by atoms with van der Waals surface area (Å²) in [5.41, 5.74) is 1.09. The molecule has 0 bridgehead atoms. The minimum atomic E-state index is -3.19. The van der Waals surface area contributed by atoms with Gasteiger partial charge >= 0.3 is 0 Å². The number of methoxy groups -OCH3 is 1. The number of piperidine rings is 1. The van der Waals surface area contributed by atoms with Crippen LogP contribution in [-0.2, 0) is 21.4 Å². The van der Waals surface area contributed by atoms with Gasteiger partial charge < -0.3 is 9.64 Å². The topological polar surface area (TPSA) is 66.9 Å². The molecule has 1 aliphatic heterocycles. The van der Waals surface area contributed by atoms with Gasteiger partial charge in [0.2, 0.25) is 15.9 Å². The highest BCUT2D eigenvalue weighted by molar-refractivity contribution is 7.89. The molecule has 1 heterocycles. The third-order valence-electron chi connectivity index (χ3n) is 6.54. The molecule has 1 amide bonds. The fourth-order valence-electron chi connectivity index (χ4n) is 4.25. The van der Waals surface area contributed by atoms with E-state index >= 15 is 0 Å². The van der Waals surface area contributed by atoms with Crippen LogP contribution in [-0.4, -0.2) is 55.5 Å². The molecule has 2 aliphatic rings.